The summed E-state index contributed by atoms with van der Waals surface area (Å²) in [6.45, 7) is 4.63. The molecule has 4 aromatic carbocycles. The first kappa shape index (κ1) is 26.6. The standard InChI is InChI=1S/C43H31N3/c1-43(2)22-7-3-4-9-31-23-33(26-38(31)43)46-40-13-8-11-35(40)37-25-30(17-21-42(37)46)29-16-20-41-36(24-29)34-10-5-6-12-39(34)45(41)32-18-14-28(27-44)15-19-32/h3-7,10-26,33H,9H2,1-2H3/b4-3-,22-7-. The molecule has 9 rings (SSSR count). The molecule has 2 heterocycles. The van der Waals surface area contributed by atoms with Crippen molar-refractivity contribution in [3.63, 3.8) is 0 Å². The van der Waals surface area contributed by atoms with Crippen LogP contribution in [0.1, 0.15) is 43.1 Å². The Hall–Kier alpha value is -5.81. The quantitative estimate of drug-likeness (QED) is 0.189. The van der Waals surface area contributed by atoms with Crippen molar-refractivity contribution in [2.45, 2.75) is 26.3 Å². The largest absolute Gasteiger partial charge is 0.329 e. The summed E-state index contributed by atoms with van der Waals surface area (Å²) in [6, 6.07) is 32.5. The van der Waals surface area contributed by atoms with E-state index in [-0.39, 0.29) is 11.5 Å². The molecule has 3 aliphatic carbocycles. The summed E-state index contributed by atoms with van der Waals surface area (Å²) in [6.07, 6.45) is 19.1. The molecular weight excluding hydrogens is 558 g/mol. The van der Waals surface area contributed by atoms with E-state index < -0.39 is 0 Å². The molecule has 2 aromatic heterocycles. The van der Waals surface area contributed by atoms with Gasteiger partial charge in [-0.1, -0.05) is 80.6 Å². The Morgan fingerprint density at radius 3 is 2.37 bits per heavy atom. The summed E-state index contributed by atoms with van der Waals surface area (Å²) in [5.74, 6) is 0. The average molecular weight is 590 g/mol. The van der Waals surface area contributed by atoms with E-state index in [4.69, 9.17) is 0 Å². The number of benzene rings is 4. The molecule has 1 unspecified atom stereocenters. The minimum absolute atomic E-state index is 0.0133. The number of nitrogens with zero attached hydrogens (tertiary/aromatic N) is 3. The number of hydrogen-bond acceptors (Lipinski definition) is 1. The number of nitriles is 1. The predicted molar refractivity (Wildman–Crippen MR) is 191 cm³/mol. The fourth-order valence-electron chi connectivity index (χ4n) is 7.72. The van der Waals surface area contributed by atoms with Gasteiger partial charge < -0.3 is 9.13 Å². The van der Waals surface area contributed by atoms with Crippen LogP contribution in [-0.4, -0.2) is 9.13 Å². The highest BCUT2D eigenvalue weighted by Gasteiger charge is 2.31. The molecule has 6 aromatic rings. The van der Waals surface area contributed by atoms with Crippen LogP contribution in [0.4, 0.5) is 0 Å². The van der Waals surface area contributed by atoms with Crippen molar-refractivity contribution in [1.29, 1.82) is 5.26 Å². The van der Waals surface area contributed by atoms with Crippen LogP contribution in [0, 0.1) is 16.7 Å². The van der Waals surface area contributed by atoms with E-state index in [9.17, 15) is 5.26 Å². The highest BCUT2D eigenvalue weighted by Crippen LogP contribution is 2.45. The molecule has 0 radical (unpaired) electrons. The highest BCUT2D eigenvalue weighted by atomic mass is 15.0. The Morgan fingerprint density at radius 1 is 0.783 bits per heavy atom. The molecule has 1 atom stereocenters. The molecule has 0 N–H and O–H groups in total. The van der Waals surface area contributed by atoms with E-state index in [2.05, 4.69) is 144 Å². The normalized spacial score (nSPS) is 19.0. The third-order valence-corrected chi connectivity index (χ3v) is 9.94. The van der Waals surface area contributed by atoms with Gasteiger partial charge in [-0.15, -0.1) is 5.73 Å². The first-order chi connectivity index (χ1) is 22.5. The number of allylic oxidation sites excluding steroid dienone is 8. The maximum absolute atomic E-state index is 9.32. The van der Waals surface area contributed by atoms with Crippen molar-refractivity contribution >= 4 is 44.9 Å². The molecule has 218 valence electrons. The number of rotatable bonds is 3. The summed E-state index contributed by atoms with van der Waals surface area (Å²) in [7, 11) is 0. The molecular formula is C43H31N3. The van der Waals surface area contributed by atoms with E-state index >= 15 is 0 Å². The Labute approximate surface area is 268 Å². The van der Waals surface area contributed by atoms with Gasteiger partial charge in [0.2, 0.25) is 0 Å². The van der Waals surface area contributed by atoms with Gasteiger partial charge in [-0.2, -0.15) is 5.26 Å². The monoisotopic (exact) mass is 589 g/mol. The zero-order chi connectivity index (χ0) is 31.0. The van der Waals surface area contributed by atoms with Crippen LogP contribution in [0.5, 0.6) is 0 Å². The van der Waals surface area contributed by atoms with Crippen molar-refractivity contribution in [2.75, 3.05) is 0 Å². The molecule has 0 amide bonds. The van der Waals surface area contributed by atoms with E-state index in [0.717, 1.165) is 23.1 Å². The zero-order valence-corrected chi connectivity index (χ0v) is 25.8. The SMILES string of the molecule is CC1(C)/C=C\C=C/CC2=CC(n3c4c(c5cc(-c6ccc7c(c6)c6ccccc6n7-c6ccc(C#N)cc6)ccc53)C=C=C4)C=C21. The molecule has 3 aliphatic rings. The summed E-state index contributed by atoms with van der Waals surface area (Å²) in [4.78, 5) is 0. The van der Waals surface area contributed by atoms with Gasteiger partial charge in [0.15, 0.2) is 0 Å². The van der Waals surface area contributed by atoms with Gasteiger partial charge in [-0.3, -0.25) is 0 Å². The Morgan fingerprint density at radius 2 is 1.54 bits per heavy atom. The minimum Gasteiger partial charge on any atom is -0.329 e. The summed E-state index contributed by atoms with van der Waals surface area (Å²) in [5, 5.41) is 13.0. The maximum Gasteiger partial charge on any atom is 0.0991 e. The topological polar surface area (TPSA) is 33.6 Å². The van der Waals surface area contributed by atoms with Crippen LogP contribution in [0.3, 0.4) is 0 Å². The minimum atomic E-state index is -0.0133. The molecule has 3 nitrogen and oxygen atoms in total. The average Bonchev–Trinajstić information content (AvgIpc) is 3.85. The smallest absolute Gasteiger partial charge is 0.0991 e. The molecule has 0 bridgehead atoms. The Kier molecular flexibility index (Phi) is 5.69. The lowest BCUT2D eigenvalue weighted by atomic mass is 9.79. The van der Waals surface area contributed by atoms with E-state index in [1.54, 1.807) is 0 Å². The van der Waals surface area contributed by atoms with Crippen LogP contribution in [-0.2, 0) is 0 Å². The lowest BCUT2D eigenvalue weighted by molar-refractivity contribution is 0.582. The maximum atomic E-state index is 9.32. The molecule has 0 saturated carbocycles. The van der Waals surface area contributed by atoms with Crippen LogP contribution in [0.15, 0.2) is 138 Å². The third kappa shape index (κ3) is 3.91. The predicted octanol–water partition coefficient (Wildman–Crippen LogP) is 10.9. The number of aromatic nitrogens is 2. The van der Waals surface area contributed by atoms with Crippen molar-refractivity contribution in [3.05, 3.63) is 155 Å². The van der Waals surface area contributed by atoms with E-state index in [1.165, 1.54) is 55.2 Å². The number of hydrogen-bond donors (Lipinski definition) is 0. The third-order valence-electron chi connectivity index (χ3n) is 9.94. The van der Waals surface area contributed by atoms with Crippen molar-refractivity contribution < 1.29 is 0 Å². The lowest BCUT2D eigenvalue weighted by Crippen LogP contribution is -2.13. The molecule has 3 heteroatoms. The fourth-order valence-corrected chi connectivity index (χ4v) is 7.72. The van der Waals surface area contributed by atoms with Gasteiger partial charge in [0.1, 0.15) is 0 Å². The van der Waals surface area contributed by atoms with Crippen LogP contribution < -0.4 is 0 Å². The first-order valence-electron chi connectivity index (χ1n) is 15.9. The Bertz CT molecular complexity index is 2510. The van der Waals surface area contributed by atoms with Gasteiger partial charge in [0.05, 0.1) is 39.9 Å². The second-order valence-corrected chi connectivity index (χ2v) is 13.1. The highest BCUT2D eigenvalue weighted by molar-refractivity contribution is 6.10. The molecule has 46 heavy (non-hydrogen) atoms. The fraction of sp³-hybridized carbons (Fsp3) is 0.116. The van der Waals surface area contributed by atoms with Crippen molar-refractivity contribution in [2.24, 2.45) is 5.41 Å². The number of fused-ring (bicyclic) bond motifs is 7. The zero-order valence-electron chi connectivity index (χ0n) is 25.8. The molecule has 0 aliphatic heterocycles. The summed E-state index contributed by atoms with van der Waals surface area (Å²) >= 11 is 0. The van der Waals surface area contributed by atoms with Crippen LogP contribution >= 0.6 is 0 Å². The van der Waals surface area contributed by atoms with Crippen LogP contribution in [0.2, 0.25) is 0 Å². The summed E-state index contributed by atoms with van der Waals surface area (Å²) < 4.78 is 4.79. The van der Waals surface area contributed by atoms with Crippen molar-refractivity contribution in [3.8, 4) is 22.9 Å². The lowest BCUT2D eigenvalue weighted by Gasteiger charge is -2.25. The molecule has 0 spiro atoms. The van der Waals surface area contributed by atoms with Gasteiger partial charge in [-0.25, -0.2) is 0 Å². The van der Waals surface area contributed by atoms with E-state index in [0.29, 0.717) is 5.56 Å². The molecule has 0 fully saturated rings. The Balaban J connectivity index is 1.18. The van der Waals surface area contributed by atoms with Gasteiger partial charge >= 0.3 is 0 Å². The van der Waals surface area contributed by atoms with E-state index in [1.807, 2.05) is 24.3 Å². The van der Waals surface area contributed by atoms with Gasteiger partial charge in [0, 0.05) is 38.9 Å². The van der Waals surface area contributed by atoms with Gasteiger partial charge in [-0.05, 0) is 89.4 Å². The van der Waals surface area contributed by atoms with Gasteiger partial charge in [0.25, 0.3) is 0 Å². The first-order valence-corrected chi connectivity index (χ1v) is 15.9. The second-order valence-electron chi connectivity index (χ2n) is 13.1. The molecule has 0 saturated heterocycles. The number of para-hydroxylation sites is 1. The van der Waals surface area contributed by atoms with Crippen LogP contribution in [0.25, 0.3) is 61.7 Å². The summed E-state index contributed by atoms with van der Waals surface area (Å²) in [5.41, 5.74) is 16.4. The van der Waals surface area contributed by atoms with Crippen molar-refractivity contribution in [1.82, 2.24) is 9.13 Å². The second kappa shape index (κ2) is 9.85.